The van der Waals surface area contributed by atoms with Crippen LogP contribution in [0.5, 0.6) is 0 Å². The van der Waals surface area contributed by atoms with Gasteiger partial charge in [0.1, 0.15) is 0 Å². The van der Waals surface area contributed by atoms with Gasteiger partial charge in [-0.15, -0.1) is 0 Å². The van der Waals surface area contributed by atoms with Gasteiger partial charge in [0.25, 0.3) is 0 Å². The molecule has 0 bridgehead atoms. The fraction of sp³-hybridized carbons (Fsp3) is 0.909. The Hall–Kier alpha value is -0.570. The summed E-state index contributed by atoms with van der Waals surface area (Å²) < 4.78 is 4.57. The van der Waals surface area contributed by atoms with E-state index in [1.165, 1.54) is 26.4 Å². The number of hydrogen-bond acceptors (Lipinski definition) is 3. The number of nitrogens with one attached hydrogen (secondary N) is 1. The summed E-state index contributed by atoms with van der Waals surface area (Å²) in [6, 6.07) is 0.612. The van der Waals surface area contributed by atoms with Crippen LogP contribution in [0.2, 0.25) is 0 Å². The topological polar surface area (TPSA) is 38.3 Å². The van der Waals surface area contributed by atoms with E-state index in [4.69, 9.17) is 0 Å². The Morgan fingerprint density at radius 1 is 1.57 bits per heavy atom. The molecule has 0 saturated heterocycles. The minimum absolute atomic E-state index is 0.108. The lowest BCUT2D eigenvalue weighted by Crippen LogP contribution is -2.37. The molecule has 1 aliphatic rings. The fourth-order valence-electron chi connectivity index (χ4n) is 1.77. The zero-order valence-corrected chi connectivity index (χ0v) is 9.21. The average Bonchev–Trinajstić information content (AvgIpc) is 2.09. The van der Waals surface area contributed by atoms with E-state index in [1.807, 2.05) is 0 Å². The molecule has 0 heterocycles. The maximum Gasteiger partial charge on any atom is 0.305 e. The number of hydrogen-bond donors (Lipinski definition) is 1. The predicted molar refractivity (Wildman–Crippen MR) is 56.1 cm³/mol. The van der Waals surface area contributed by atoms with Crippen LogP contribution < -0.4 is 5.32 Å². The van der Waals surface area contributed by atoms with Crippen molar-refractivity contribution in [1.29, 1.82) is 0 Å². The van der Waals surface area contributed by atoms with Crippen molar-refractivity contribution < 1.29 is 9.53 Å². The molecule has 3 heteroatoms. The third-order valence-corrected chi connectivity index (χ3v) is 3.11. The molecule has 3 nitrogen and oxygen atoms in total. The van der Waals surface area contributed by atoms with Gasteiger partial charge in [-0.1, -0.05) is 6.42 Å². The molecule has 1 atom stereocenters. The number of rotatable bonds is 6. The summed E-state index contributed by atoms with van der Waals surface area (Å²) in [6.45, 7) is 3.16. The second kappa shape index (κ2) is 6.02. The van der Waals surface area contributed by atoms with E-state index in [0.29, 0.717) is 12.5 Å². The first-order valence-corrected chi connectivity index (χ1v) is 5.54. The average molecular weight is 199 g/mol. The van der Waals surface area contributed by atoms with Gasteiger partial charge in [0, 0.05) is 12.5 Å². The molecule has 0 aromatic carbocycles. The van der Waals surface area contributed by atoms with E-state index >= 15 is 0 Å². The van der Waals surface area contributed by atoms with E-state index < -0.39 is 0 Å². The molecule has 0 aliphatic heterocycles. The normalized spacial score (nSPS) is 18.7. The van der Waals surface area contributed by atoms with Crippen LogP contribution in [0.25, 0.3) is 0 Å². The first-order valence-electron chi connectivity index (χ1n) is 5.54. The van der Waals surface area contributed by atoms with Gasteiger partial charge in [0.15, 0.2) is 0 Å². The molecule has 1 fully saturated rings. The standard InChI is InChI=1S/C11H21NO2/c1-9(10-5-3-6-10)12-8-4-7-11(13)14-2/h9-10,12H,3-8H2,1-2H3. The van der Waals surface area contributed by atoms with Gasteiger partial charge < -0.3 is 10.1 Å². The lowest BCUT2D eigenvalue weighted by atomic mass is 9.80. The smallest absolute Gasteiger partial charge is 0.305 e. The Bertz CT molecular complexity index is 178. The van der Waals surface area contributed by atoms with Crippen molar-refractivity contribution in [2.75, 3.05) is 13.7 Å². The summed E-state index contributed by atoms with van der Waals surface area (Å²) in [6.07, 6.45) is 5.53. The molecule has 0 spiro atoms. The summed E-state index contributed by atoms with van der Waals surface area (Å²) in [5, 5.41) is 3.46. The first kappa shape index (κ1) is 11.5. The fourth-order valence-corrected chi connectivity index (χ4v) is 1.77. The number of carbonyl (C=O) groups is 1. The Labute approximate surface area is 86.2 Å². The van der Waals surface area contributed by atoms with E-state index in [9.17, 15) is 4.79 Å². The summed E-state index contributed by atoms with van der Waals surface area (Å²) in [7, 11) is 1.44. The van der Waals surface area contributed by atoms with Crippen molar-refractivity contribution in [1.82, 2.24) is 5.32 Å². The zero-order chi connectivity index (χ0) is 10.4. The number of methoxy groups -OCH3 is 1. The molecular weight excluding hydrogens is 178 g/mol. The predicted octanol–water partition coefficient (Wildman–Crippen LogP) is 1.72. The molecule has 1 unspecified atom stereocenters. The Kier molecular flexibility index (Phi) is 4.94. The number of ether oxygens (including phenoxy) is 1. The van der Waals surface area contributed by atoms with E-state index in [0.717, 1.165) is 18.9 Å². The molecule has 1 N–H and O–H groups in total. The maximum atomic E-state index is 10.8. The third-order valence-electron chi connectivity index (χ3n) is 3.11. The molecule has 0 aromatic heterocycles. The van der Waals surface area contributed by atoms with Crippen molar-refractivity contribution in [2.24, 2.45) is 5.92 Å². The molecule has 0 radical (unpaired) electrons. The van der Waals surface area contributed by atoms with Crippen molar-refractivity contribution in [3.05, 3.63) is 0 Å². The minimum atomic E-state index is -0.108. The van der Waals surface area contributed by atoms with Gasteiger partial charge in [-0.3, -0.25) is 4.79 Å². The summed E-state index contributed by atoms with van der Waals surface area (Å²) >= 11 is 0. The Morgan fingerprint density at radius 3 is 2.79 bits per heavy atom. The monoisotopic (exact) mass is 199 g/mol. The van der Waals surface area contributed by atoms with Crippen LogP contribution in [0.1, 0.15) is 39.0 Å². The number of carbonyl (C=O) groups excluding carboxylic acids is 1. The highest BCUT2D eigenvalue weighted by Crippen LogP contribution is 2.29. The van der Waals surface area contributed by atoms with Crippen molar-refractivity contribution in [2.45, 2.75) is 45.1 Å². The number of esters is 1. The lowest BCUT2D eigenvalue weighted by Gasteiger charge is -2.32. The lowest BCUT2D eigenvalue weighted by molar-refractivity contribution is -0.140. The highest BCUT2D eigenvalue weighted by molar-refractivity contribution is 5.69. The Morgan fingerprint density at radius 2 is 2.29 bits per heavy atom. The van der Waals surface area contributed by atoms with Gasteiger partial charge >= 0.3 is 5.97 Å². The molecular formula is C11H21NO2. The van der Waals surface area contributed by atoms with Crippen molar-refractivity contribution >= 4 is 5.97 Å². The molecule has 1 aliphatic carbocycles. The summed E-state index contributed by atoms with van der Waals surface area (Å²) in [5.74, 6) is 0.760. The van der Waals surface area contributed by atoms with Crippen molar-refractivity contribution in [3.63, 3.8) is 0 Å². The highest BCUT2D eigenvalue weighted by atomic mass is 16.5. The maximum absolute atomic E-state index is 10.8. The zero-order valence-electron chi connectivity index (χ0n) is 9.21. The van der Waals surface area contributed by atoms with Gasteiger partial charge in [-0.05, 0) is 38.6 Å². The second-order valence-corrected chi connectivity index (χ2v) is 4.11. The second-order valence-electron chi connectivity index (χ2n) is 4.11. The van der Waals surface area contributed by atoms with Gasteiger partial charge in [-0.25, -0.2) is 0 Å². The largest absolute Gasteiger partial charge is 0.469 e. The van der Waals surface area contributed by atoms with Crippen LogP contribution in [0.3, 0.4) is 0 Å². The van der Waals surface area contributed by atoms with E-state index in [2.05, 4.69) is 17.0 Å². The molecule has 1 rings (SSSR count). The van der Waals surface area contributed by atoms with Gasteiger partial charge in [0.2, 0.25) is 0 Å². The minimum Gasteiger partial charge on any atom is -0.469 e. The SMILES string of the molecule is COC(=O)CCCNC(C)C1CCC1. The third kappa shape index (κ3) is 3.66. The van der Waals surface area contributed by atoms with Crippen molar-refractivity contribution in [3.8, 4) is 0 Å². The quantitative estimate of drug-likeness (QED) is 0.523. The molecule has 82 valence electrons. The van der Waals surface area contributed by atoms with Gasteiger partial charge in [-0.2, -0.15) is 0 Å². The van der Waals surface area contributed by atoms with Gasteiger partial charge in [0.05, 0.1) is 7.11 Å². The molecule has 1 saturated carbocycles. The van der Waals surface area contributed by atoms with Crippen LogP contribution in [0.4, 0.5) is 0 Å². The van der Waals surface area contributed by atoms with E-state index in [-0.39, 0.29) is 5.97 Å². The van der Waals surface area contributed by atoms with Crippen LogP contribution in [0, 0.1) is 5.92 Å². The summed E-state index contributed by atoms with van der Waals surface area (Å²) in [4.78, 5) is 10.8. The molecule has 14 heavy (non-hydrogen) atoms. The highest BCUT2D eigenvalue weighted by Gasteiger charge is 2.22. The van der Waals surface area contributed by atoms with Crippen LogP contribution >= 0.6 is 0 Å². The summed E-state index contributed by atoms with van der Waals surface area (Å²) in [5.41, 5.74) is 0. The van der Waals surface area contributed by atoms with Crippen LogP contribution in [-0.2, 0) is 9.53 Å². The molecule has 0 amide bonds. The van der Waals surface area contributed by atoms with Crippen LogP contribution in [-0.4, -0.2) is 25.7 Å². The van der Waals surface area contributed by atoms with E-state index in [1.54, 1.807) is 0 Å². The Balaban J connectivity index is 1.94. The van der Waals surface area contributed by atoms with Crippen LogP contribution in [0.15, 0.2) is 0 Å². The first-order chi connectivity index (χ1) is 6.74. The molecule has 0 aromatic rings.